The lowest BCUT2D eigenvalue weighted by atomic mass is 10.0. The molecule has 2 unspecified atom stereocenters. The monoisotopic (exact) mass is 293 g/mol. The molecule has 0 bridgehead atoms. The number of nitrogens with one attached hydrogen (secondary N) is 1. The van der Waals surface area contributed by atoms with Gasteiger partial charge in [-0.25, -0.2) is 8.78 Å². The lowest BCUT2D eigenvalue weighted by Crippen LogP contribution is -2.31. The second-order valence-corrected chi connectivity index (χ2v) is 5.54. The Morgan fingerprint density at radius 1 is 1.24 bits per heavy atom. The van der Waals surface area contributed by atoms with Crippen molar-refractivity contribution >= 4 is 0 Å². The van der Waals surface area contributed by atoms with Crippen LogP contribution in [0.4, 0.5) is 8.78 Å². The maximum atomic E-state index is 13.7. The van der Waals surface area contributed by atoms with Crippen LogP contribution in [0, 0.1) is 18.6 Å². The SMILES string of the molecule is Cc1nn(C)cc1C(C)NC(C)Cc1c(F)cccc1F. The van der Waals surface area contributed by atoms with Crippen LogP contribution in [-0.4, -0.2) is 15.8 Å². The molecule has 5 heteroatoms. The van der Waals surface area contributed by atoms with Crippen molar-refractivity contribution < 1.29 is 8.78 Å². The van der Waals surface area contributed by atoms with Crippen molar-refractivity contribution in [2.75, 3.05) is 0 Å². The van der Waals surface area contributed by atoms with Crippen LogP contribution in [-0.2, 0) is 13.5 Å². The summed E-state index contributed by atoms with van der Waals surface area (Å²) in [6.45, 7) is 5.90. The van der Waals surface area contributed by atoms with Crippen molar-refractivity contribution in [1.82, 2.24) is 15.1 Å². The van der Waals surface area contributed by atoms with Crippen molar-refractivity contribution in [1.29, 1.82) is 0 Å². The average Bonchev–Trinajstić information content (AvgIpc) is 2.73. The Morgan fingerprint density at radius 2 is 1.86 bits per heavy atom. The van der Waals surface area contributed by atoms with Gasteiger partial charge in [-0.2, -0.15) is 5.10 Å². The molecule has 0 saturated carbocycles. The third-order valence-electron chi connectivity index (χ3n) is 3.62. The molecule has 0 aliphatic rings. The van der Waals surface area contributed by atoms with E-state index in [-0.39, 0.29) is 17.6 Å². The summed E-state index contributed by atoms with van der Waals surface area (Å²) in [7, 11) is 1.88. The van der Waals surface area contributed by atoms with Crippen LogP contribution >= 0.6 is 0 Å². The average molecular weight is 293 g/mol. The van der Waals surface area contributed by atoms with Crippen molar-refractivity contribution in [3.05, 3.63) is 52.9 Å². The first kappa shape index (κ1) is 15.6. The van der Waals surface area contributed by atoms with E-state index in [9.17, 15) is 8.78 Å². The van der Waals surface area contributed by atoms with Crippen LogP contribution in [0.2, 0.25) is 0 Å². The largest absolute Gasteiger partial charge is 0.307 e. The summed E-state index contributed by atoms with van der Waals surface area (Å²) in [6.07, 6.45) is 2.27. The molecule has 0 amide bonds. The Bertz CT molecular complexity index is 602. The summed E-state index contributed by atoms with van der Waals surface area (Å²) < 4.78 is 29.1. The fraction of sp³-hybridized carbons (Fsp3) is 0.438. The van der Waals surface area contributed by atoms with Gasteiger partial charge in [0, 0.05) is 36.5 Å². The first-order valence-corrected chi connectivity index (χ1v) is 7.07. The van der Waals surface area contributed by atoms with E-state index in [1.54, 1.807) is 4.68 Å². The van der Waals surface area contributed by atoms with Gasteiger partial charge in [0.2, 0.25) is 0 Å². The predicted octanol–water partition coefficient (Wildman–Crippen LogP) is 3.29. The first-order valence-electron chi connectivity index (χ1n) is 7.07. The molecule has 0 spiro atoms. The Balaban J connectivity index is 2.05. The van der Waals surface area contributed by atoms with Gasteiger partial charge in [0.05, 0.1) is 5.69 Å². The molecule has 21 heavy (non-hydrogen) atoms. The van der Waals surface area contributed by atoms with Crippen molar-refractivity contribution in [3.63, 3.8) is 0 Å². The molecule has 114 valence electrons. The quantitative estimate of drug-likeness (QED) is 0.917. The van der Waals surface area contributed by atoms with Crippen molar-refractivity contribution in [2.24, 2.45) is 7.05 Å². The fourth-order valence-electron chi connectivity index (χ4n) is 2.65. The Hall–Kier alpha value is -1.75. The maximum Gasteiger partial charge on any atom is 0.129 e. The number of rotatable bonds is 5. The summed E-state index contributed by atoms with van der Waals surface area (Å²) in [5, 5.41) is 7.67. The van der Waals surface area contributed by atoms with Crippen LogP contribution in [0.3, 0.4) is 0 Å². The third-order valence-corrected chi connectivity index (χ3v) is 3.62. The van der Waals surface area contributed by atoms with Gasteiger partial charge in [-0.05, 0) is 39.3 Å². The molecule has 0 fully saturated rings. The minimum atomic E-state index is -0.492. The molecule has 0 saturated heterocycles. The summed E-state index contributed by atoms with van der Waals surface area (Å²) >= 11 is 0. The van der Waals surface area contributed by atoms with Crippen LogP contribution < -0.4 is 5.32 Å². The van der Waals surface area contributed by atoms with E-state index in [1.165, 1.54) is 18.2 Å². The molecule has 1 N–H and O–H groups in total. The van der Waals surface area contributed by atoms with Crippen LogP contribution in [0.5, 0.6) is 0 Å². The molecule has 3 nitrogen and oxygen atoms in total. The highest BCUT2D eigenvalue weighted by molar-refractivity contribution is 5.22. The van der Waals surface area contributed by atoms with E-state index < -0.39 is 11.6 Å². The Morgan fingerprint density at radius 3 is 2.38 bits per heavy atom. The fourth-order valence-corrected chi connectivity index (χ4v) is 2.65. The van der Waals surface area contributed by atoms with E-state index in [4.69, 9.17) is 0 Å². The molecule has 2 aromatic rings. The minimum Gasteiger partial charge on any atom is -0.307 e. The van der Waals surface area contributed by atoms with E-state index >= 15 is 0 Å². The van der Waals surface area contributed by atoms with E-state index in [0.717, 1.165) is 11.3 Å². The van der Waals surface area contributed by atoms with E-state index in [0.29, 0.717) is 6.42 Å². The van der Waals surface area contributed by atoms with Gasteiger partial charge in [-0.15, -0.1) is 0 Å². The Labute approximate surface area is 124 Å². The van der Waals surface area contributed by atoms with Crippen molar-refractivity contribution in [2.45, 2.75) is 39.3 Å². The van der Waals surface area contributed by atoms with Gasteiger partial charge in [-0.3, -0.25) is 4.68 Å². The lowest BCUT2D eigenvalue weighted by Gasteiger charge is -2.20. The number of nitrogens with zero attached hydrogens (tertiary/aromatic N) is 2. The topological polar surface area (TPSA) is 29.9 Å². The van der Waals surface area contributed by atoms with Crippen molar-refractivity contribution in [3.8, 4) is 0 Å². The van der Waals surface area contributed by atoms with Gasteiger partial charge < -0.3 is 5.32 Å². The lowest BCUT2D eigenvalue weighted by molar-refractivity contribution is 0.456. The highest BCUT2D eigenvalue weighted by atomic mass is 19.1. The summed E-state index contributed by atoms with van der Waals surface area (Å²) in [6, 6.07) is 3.99. The van der Waals surface area contributed by atoms with Gasteiger partial charge in [0.1, 0.15) is 11.6 Å². The Kier molecular flexibility index (Phi) is 4.73. The summed E-state index contributed by atoms with van der Waals surface area (Å²) in [4.78, 5) is 0. The van der Waals surface area contributed by atoms with Crippen LogP contribution in [0.1, 0.15) is 36.7 Å². The first-order chi connectivity index (χ1) is 9.88. The number of hydrogen-bond donors (Lipinski definition) is 1. The van der Waals surface area contributed by atoms with Gasteiger partial charge >= 0.3 is 0 Å². The van der Waals surface area contributed by atoms with Gasteiger partial charge in [-0.1, -0.05) is 6.07 Å². The normalized spacial score (nSPS) is 14.2. The van der Waals surface area contributed by atoms with E-state index in [1.807, 2.05) is 34.0 Å². The molecule has 0 radical (unpaired) electrons. The number of halogens is 2. The second-order valence-electron chi connectivity index (χ2n) is 5.54. The molecule has 2 atom stereocenters. The number of aromatic nitrogens is 2. The molecular formula is C16H21F2N3. The molecule has 0 aliphatic heterocycles. The molecular weight excluding hydrogens is 272 g/mol. The second kappa shape index (κ2) is 6.35. The summed E-state index contributed by atoms with van der Waals surface area (Å²) in [5.41, 5.74) is 2.19. The maximum absolute atomic E-state index is 13.7. The highest BCUT2D eigenvalue weighted by Crippen LogP contribution is 2.19. The molecule has 1 heterocycles. The zero-order chi connectivity index (χ0) is 15.6. The van der Waals surface area contributed by atoms with Crippen LogP contribution in [0.25, 0.3) is 0 Å². The summed E-state index contributed by atoms with van der Waals surface area (Å²) in [5.74, 6) is -0.984. The molecule has 1 aromatic carbocycles. The molecule has 0 aliphatic carbocycles. The zero-order valence-electron chi connectivity index (χ0n) is 12.8. The zero-order valence-corrected chi connectivity index (χ0v) is 12.8. The minimum absolute atomic E-state index is 0.0500. The smallest absolute Gasteiger partial charge is 0.129 e. The van der Waals surface area contributed by atoms with Crippen LogP contribution in [0.15, 0.2) is 24.4 Å². The highest BCUT2D eigenvalue weighted by Gasteiger charge is 2.17. The molecule has 2 rings (SSSR count). The number of aryl methyl sites for hydroxylation is 2. The number of benzene rings is 1. The van der Waals surface area contributed by atoms with Gasteiger partial charge in [0.25, 0.3) is 0 Å². The van der Waals surface area contributed by atoms with E-state index in [2.05, 4.69) is 10.4 Å². The predicted molar refractivity (Wildman–Crippen MR) is 79.0 cm³/mol. The number of hydrogen-bond acceptors (Lipinski definition) is 2. The standard InChI is InChI=1S/C16H21F2N3/c1-10(8-13-15(17)6-5-7-16(13)18)19-11(2)14-9-21(4)20-12(14)3/h5-7,9-11,19H,8H2,1-4H3. The molecule has 1 aromatic heterocycles. The van der Waals surface area contributed by atoms with Gasteiger partial charge in [0.15, 0.2) is 0 Å². The third kappa shape index (κ3) is 3.67.